The zero-order valence-electron chi connectivity index (χ0n) is 11.3. The molecule has 0 aromatic heterocycles. The first-order valence-corrected chi connectivity index (χ1v) is 7.17. The van der Waals surface area contributed by atoms with Gasteiger partial charge >= 0.3 is 5.97 Å². The summed E-state index contributed by atoms with van der Waals surface area (Å²) >= 11 is 2.14. The van der Waals surface area contributed by atoms with Gasteiger partial charge in [0.15, 0.2) is 0 Å². The molecule has 0 spiro atoms. The van der Waals surface area contributed by atoms with Crippen LogP contribution in [0.3, 0.4) is 0 Å². The predicted octanol–water partition coefficient (Wildman–Crippen LogP) is 2.75. The molecule has 19 heavy (non-hydrogen) atoms. The molecule has 104 valence electrons. The van der Waals surface area contributed by atoms with Crippen molar-refractivity contribution in [2.24, 2.45) is 0 Å². The average Bonchev–Trinajstić information content (AvgIpc) is 2.37. The van der Waals surface area contributed by atoms with Crippen molar-refractivity contribution in [1.82, 2.24) is 5.32 Å². The number of hydrogen-bond acceptors (Lipinski definition) is 3. The minimum Gasteiger partial charge on any atom is -0.467 e. The van der Waals surface area contributed by atoms with E-state index in [0.29, 0.717) is 12.0 Å². The molecule has 0 bridgehead atoms. The highest BCUT2D eigenvalue weighted by molar-refractivity contribution is 14.1. The Morgan fingerprint density at radius 1 is 1.42 bits per heavy atom. The van der Waals surface area contributed by atoms with Gasteiger partial charge in [-0.15, -0.1) is 0 Å². The lowest BCUT2D eigenvalue weighted by Gasteiger charge is -2.27. The van der Waals surface area contributed by atoms with Crippen LogP contribution in [0.5, 0.6) is 0 Å². The van der Waals surface area contributed by atoms with Crippen LogP contribution in [0.15, 0.2) is 24.3 Å². The smallest absolute Gasteiger partial charge is 0.331 e. The van der Waals surface area contributed by atoms with Crippen molar-refractivity contribution in [3.05, 3.63) is 33.4 Å². The lowest BCUT2D eigenvalue weighted by Crippen LogP contribution is -2.52. The summed E-state index contributed by atoms with van der Waals surface area (Å²) in [5.74, 6) is -0.687. The fraction of sp³-hybridized carbons (Fsp3) is 0.429. The van der Waals surface area contributed by atoms with E-state index < -0.39 is 11.5 Å². The van der Waals surface area contributed by atoms with E-state index in [1.807, 2.05) is 19.1 Å². The van der Waals surface area contributed by atoms with Gasteiger partial charge in [0.1, 0.15) is 5.54 Å². The molecule has 0 saturated carbocycles. The number of carbonyl (C=O) groups is 2. The molecule has 1 aromatic carbocycles. The molecule has 0 fully saturated rings. The van der Waals surface area contributed by atoms with Crippen LogP contribution in [0.1, 0.15) is 37.0 Å². The van der Waals surface area contributed by atoms with Gasteiger partial charge in [-0.25, -0.2) is 4.79 Å². The number of benzene rings is 1. The van der Waals surface area contributed by atoms with Crippen LogP contribution in [0.25, 0.3) is 0 Å². The van der Waals surface area contributed by atoms with Crippen LogP contribution >= 0.6 is 22.6 Å². The van der Waals surface area contributed by atoms with Gasteiger partial charge in [-0.2, -0.15) is 0 Å². The number of nitrogens with one attached hydrogen (secondary N) is 1. The first kappa shape index (κ1) is 15.9. The molecule has 0 heterocycles. The number of rotatable bonds is 5. The fourth-order valence-corrected chi connectivity index (χ4v) is 2.44. The van der Waals surface area contributed by atoms with Crippen molar-refractivity contribution in [2.75, 3.05) is 7.11 Å². The Kier molecular flexibility index (Phi) is 5.78. The topological polar surface area (TPSA) is 55.4 Å². The quantitative estimate of drug-likeness (QED) is 0.636. The molecule has 1 amide bonds. The van der Waals surface area contributed by atoms with Crippen molar-refractivity contribution in [1.29, 1.82) is 0 Å². The molecular formula is C14H18INO3. The van der Waals surface area contributed by atoms with E-state index in [2.05, 4.69) is 27.9 Å². The van der Waals surface area contributed by atoms with Gasteiger partial charge in [0, 0.05) is 9.13 Å². The highest BCUT2D eigenvalue weighted by Crippen LogP contribution is 2.16. The van der Waals surface area contributed by atoms with E-state index in [9.17, 15) is 9.59 Å². The SMILES string of the molecule is CCCC(C)(NC(=O)c1cccc(I)c1)C(=O)OC. The Morgan fingerprint density at radius 2 is 2.11 bits per heavy atom. The van der Waals surface area contributed by atoms with E-state index in [0.717, 1.165) is 9.99 Å². The summed E-state index contributed by atoms with van der Waals surface area (Å²) in [5, 5.41) is 2.77. The average molecular weight is 375 g/mol. The predicted molar refractivity (Wildman–Crippen MR) is 82.0 cm³/mol. The van der Waals surface area contributed by atoms with Crippen LogP contribution in [-0.4, -0.2) is 24.5 Å². The standard InChI is InChI=1S/C14H18INO3/c1-4-8-14(2,13(18)19-3)16-12(17)10-6-5-7-11(15)9-10/h5-7,9H,4,8H2,1-3H3,(H,16,17). The summed E-state index contributed by atoms with van der Waals surface area (Å²) in [4.78, 5) is 24.0. The third-order valence-corrected chi connectivity index (χ3v) is 3.53. The largest absolute Gasteiger partial charge is 0.467 e. The molecule has 1 atom stereocenters. The maximum Gasteiger partial charge on any atom is 0.331 e. The summed E-state index contributed by atoms with van der Waals surface area (Å²) in [6.07, 6.45) is 1.31. The zero-order chi connectivity index (χ0) is 14.5. The van der Waals surface area contributed by atoms with Gasteiger partial charge in [-0.3, -0.25) is 4.79 Å². The van der Waals surface area contributed by atoms with Crippen molar-refractivity contribution in [3.63, 3.8) is 0 Å². The maximum atomic E-state index is 12.2. The van der Waals surface area contributed by atoms with Gasteiger partial charge in [-0.1, -0.05) is 19.4 Å². The third-order valence-electron chi connectivity index (χ3n) is 2.86. The molecule has 0 radical (unpaired) electrons. The number of methoxy groups -OCH3 is 1. The molecule has 0 saturated heterocycles. The number of hydrogen-bond donors (Lipinski definition) is 1. The molecule has 0 aliphatic rings. The molecule has 1 N–H and O–H groups in total. The molecule has 1 aromatic rings. The van der Waals surface area contributed by atoms with Crippen molar-refractivity contribution >= 4 is 34.5 Å². The summed E-state index contributed by atoms with van der Waals surface area (Å²) in [6, 6.07) is 7.22. The second-order valence-corrected chi connectivity index (χ2v) is 5.78. The van der Waals surface area contributed by atoms with Crippen molar-refractivity contribution < 1.29 is 14.3 Å². The van der Waals surface area contributed by atoms with Gasteiger partial charge < -0.3 is 10.1 Å². The van der Waals surface area contributed by atoms with Crippen LogP contribution in [-0.2, 0) is 9.53 Å². The Morgan fingerprint density at radius 3 is 2.63 bits per heavy atom. The van der Waals surface area contributed by atoms with Crippen molar-refractivity contribution in [3.8, 4) is 0 Å². The number of amides is 1. The number of ether oxygens (including phenoxy) is 1. The lowest BCUT2D eigenvalue weighted by atomic mass is 9.95. The minimum atomic E-state index is -0.984. The van der Waals surface area contributed by atoms with E-state index >= 15 is 0 Å². The fourth-order valence-electron chi connectivity index (χ4n) is 1.89. The lowest BCUT2D eigenvalue weighted by molar-refractivity contribution is -0.147. The zero-order valence-corrected chi connectivity index (χ0v) is 13.5. The highest BCUT2D eigenvalue weighted by Gasteiger charge is 2.35. The Labute approximate surface area is 127 Å². The third kappa shape index (κ3) is 4.19. The molecule has 0 aliphatic heterocycles. The molecule has 5 heteroatoms. The molecule has 1 rings (SSSR count). The second-order valence-electron chi connectivity index (χ2n) is 4.54. The van der Waals surface area contributed by atoms with E-state index in [4.69, 9.17) is 4.74 Å². The second kappa shape index (κ2) is 6.88. The van der Waals surface area contributed by atoms with Gasteiger partial charge in [0.25, 0.3) is 5.91 Å². The summed E-state index contributed by atoms with van der Waals surface area (Å²) < 4.78 is 5.75. The van der Waals surface area contributed by atoms with E-state index in [1.54, 1.807) is 19.1 Å². The Balaban J connectivity index is 2.91. The molecule has 1 unspecified atom stereocenters. The normalized spacial score (nSPS) is 13.5. The van der Waals surface area contributed by atoms with Crippen LogP contribution in [0.4, 0.5) is 0 Å². The first-order chi connectivity index (χ1) is 8.92. The van der Waals surface area contributed by atoms with Gasteiger partial charge in [-0.05, 0) is 54.1 Å². The molecule has 4 nitrogen and oxygen atoms in total. The number of halogens is 1. The van der Waals surface area contributed by atoms with Crippen molar-refractivity contribution in [2.45, 2.75) is 32.2 Å². The van der Waals surface area contributed by atoms with E-state index in [1.165, 1.54) is 7.11 Å². The highest BCUT2D eigenvalue weighted by atomic mass is 127. The van der Waals surface area contributed by atoms with E-state index in [-0.39, 0.29) is 5.91 Å². The summed E-state index contributed by atoms with van der Waals surface area (Å²) in [6.45, 7) is 3.65. The monoisotopic (exact) mass is 375 g/mol. The summed E-state index contributed by atoms with van der Waals surface area (Å²) in [5.41, 5.74) is -0.444. The minimum absolute atomic E-state index is 0.264. The Hall–Kier alpha value is -1.11. The van der Waals surface area contributed by atoms with Crippen LogP contribution in [0, 0.1) is 3.57 Å². The Bertz CT molecular complexity index is 476. The number of carbonyl (C=O) groups excluding carboxylic acids is 2. The summed E-state index contributed by atoms with van der Waals surface area (Å²) in [7, 11) is 1.33. The van der Waals surface area contributed by atoms with Gasteiger partial charge in [0.2, 0.25) is 0 Å². The van der Waals surface area contributed by atoms with Gasteiger partial charge in [0.05, 0.1) is 7.11 Å². The maximum absolute atomic E-state index is 12.2. The molecule has 0 aliphatic carbocycles. The van der Waals surface area contributed by atoms with Crippen LogP contribution in [0.2, 0.25) is 0 Å². The first-order valence-electron chi connectivity index (χ1n) is 6.09. The number of esters is 1. The van der Waals surface area contributed by atoms with Crippen LogP contribution < -0.4 is 5.32 Å². The molecular weight excluding hydrogens is 357 g/mol.